The summed E-state index contributed by atoms with van der Waals surface area (Å²) in [5, 5.41) is 9.67. The minimum absolute atomic E-state index is 0.0708. The van der Waals surface area contributed by atoms with E-state index >= 15 is 0 Å². The number of aliphatic hydroxyl groups is 1. The summed E-state index contributed by atoms with van der Waals surface area (Å²) >= 11 is 0. The fraction of sp³-hybridized carbons (Fsp3) is 0.722. The Labute approximate surface area is 288 Å². The molecule has 2 aromatic rings. The maximum atomic E-state index is 12.8. The van der Waals surface area contributed by atoms with Crippen LogP contribution in [0, 0.1) is 0 Å². The lowest BCUT2D eigenvalue weighted by atomic mass is 10.0. The summed E-state index contributed by atoms with van der Waals surface area (Å²) < 4.78 is 36.6. The number of aromatic nitrogens is 2. The van der Waals surface area contributed by atoms with Crippen molar-refractivity contribution in [2.24, 2.45) is 0 Å². The minimum Gasteiger partial charge on any atom is -0.394 e. The van der Waals surface area contributed by atoms with Crippen LogP contribution in [0.4, 0.5) is 5.82 Å². The van der Waals surface area contributed by atoms with Crippen LogP contribution in [-0.4, -0.2) is 64.5 Å². The molecule has 0 saturated heterocycles. The van der Waals surface area contributed by atoms with Crippen LogP contribution in [0.25, 0.3) is 0 Å². The quantitative estimate of drug-likeness (QED) is 0.0544. The third kappa shape index (κ3) is 21.1. The van der Waals surface area contributed by atoms with Gasteiger partial charge in [-0.15, -0.1) is 0 Å². The Morgan fingerprint density at radius 2 is 1.40 bits per heavy atom. The molecule has 0 aliphatic heterocycles. The van der Waals surface area contributed by atoms with Gasteiger partial charge in [0.2, 0.25) is 0 Å². The molecule has 4 N–H and O–H groups in total. The summed E-state index contributed by atoms with van der Waals surface area (Å²) in [6.07, 6.45) is 20.2. The molecular weight excluding hydrogens is 633 g/mol. The Bertz CT molecular complexity index is 1170. The number of rotatable bonds is 31. The van der Waals surface area contributed by atoms with Crippen molar-refractivity contribution >= 4 is 13.4 Å². The lowest BCUT2D eigenvalue weighted by Gasteiger charge is -2.22. The van der Waals surface area contributed by atoms with Gasteiger partial charge in [-0.3, -0.25) is 9.13 Å². The predicted molar refractivity (Wildman–Crippen MR) is 191 cm³/mol. The molecule has 0 saturated carbocycles. The third-order valence-corrected chi connectivity index (χ3v) is 9.24. The summed E-state index contributed by atoms with van der Waals surface area (Å²) in [6.45, 7) is 2.66. The molecule has 0 bridgehead atoms. The number of nitrogens with zero attached hydrogens (tertiary/aromatic N) is 2. The summed E-state index contributed by atoms with van der Waals surface area (Å²) in [5.41, 5.74) is 5.86. The average molecular weight is 696 g/mol. The van der Waals surface area contributed by atoms with Crippen LogP contribution in [0.2, 0.25) is 0 Å². The summed E-state index contributed by atoms with van der Waals surface area (Å²) in [4.78, 5) is 26.0. The second-order valence-corrected chi connectivity index (χ2v) is 14.4. The Balaban J connectivity index is 1.62. The largest absolute Gasteiger partial charge is 0.394 e. The molecule has 1 aromatic heterocycles. The van der Waals surface area contributed by atoms with Crippen molar-refractivity contribution < 1.29 is 33.3 Å². The van der Waals surface area contributed by atoms with Gasteiger partial charge in [0.15, 0.2) is 0 Å². The van der Waals surface area contributed by atoms with Gasteiger partial charge >= 0.3 is 13.3 Å². The molecule has 0 aliphatic carbocycles. The van der Waals surface area contributed by atoms with Crippen LogP contribution in [0.5, 0.6) is 0 Å². The van der Waals surface area contributed by atoms with Crippen LogP contribution >= 0.6 is 7.60 Å². The second kappa shape index (κ2) is 26.7. The van der Waals surface area contributed by atoms with Crippen molar-refractivity contribution in [3.63, 3.8) is 0 Å². The number of ether oxygens (including phenoxy) is 3. The Kier molecular flexibility index (Phi) is 23.4. The lowest BCUT2D eigenvalue weighted by molar-refractivity contribution is -0.0490. The first-order valence-electron chi connectivity index (χ1n) is 18.1. The second-order valence-electron chi connectivity index (χ2n) is 12.6. The predicted octanol–water partition coefficient (Wildman–Crippen LogP) is 7.23. The molecule has 0 spiro atoms. The van der Waals surface area contributed by atoms with E-state index in [0.717, 1.165) is 18.4 Å². The first kappa shape index (κ1) is 42.1. The molecule has 1 heterocycles. The van der Waals surface area contributed by atoms with E-state index in [1.54, 1.807) is 0 Å². The van der Waals surface area contributed by atoms with Crippen LogP contribution < -0.4 is 11.4 Å². The number of anilines is 1. The van der Waals surface area contributed by atoms with E-state index in [-0.39, 0.29) is 25.6 Å². The van der Waals surface area contributed by atoms with E-state index in [4.69, 9.17) is 24.5 Å². The summed E-state index contributed by atoms with van der Waals surface area (Å²) in [7, 11) is -4.20. The van der Waals surface area contributed by atoms with Gasteiger partial charge in [-0.1, -0.05) is 134 Å². The Morgan fingerprint density at radius 3 is 1.96 bits per heavy atom. The van der Waals surface area contributed by atoms with Crippen LogP contribution in [0.1, 0.15) is 115 Å². The molecular formula is C36H62N3O8P. The van der Waals surface area contributed by atoms with Crippen molar-refractivity contribution in [3.05, 3.63) is 58.6 Å². The molecule has 2 rings (SSSR count). The van der Waals surface area contributed by atoms with Crippen LogP contribution in [0.3, 0.4) is 0 Å². The first-order chi connectivity index (χ1) is 23.3. The van der Waals surface area contributed by atoms with Gasteiger partial charge in [0.05, 0.1) is 39.1 Å². The Morgan fingerprint density at radius 1 is 0.812 bits per heavy atom. The van der Waals surface area contributed by atoms with Gasteiger partial charge in [-0.25, -0.2) is 4.79 Å². The number of unbranched alkanes of at least 4 members (excludes halogenated alkanes) is 15. The van der Waals surface area contributed by atoms with E-state index in [9.17, 15) is 19.4 Å². The normalized spacial score (nSPS) is 14.1. The van der Waals surface area contributed by atoms with E-state index in [0.29, 0.717) is 13.2 Å². The van der Waals surface area contributed by atoms with Gasteiger partial charge in [0.25, 0.3) is 0 Å². The third-order valence-electron chi connectivity index (χ3n) is 8.21. The highest BCUT2D eigenvalue weighted by molar-refractivity contribution is 7.52. The number of nitrogen functional groups attached to an aromatic ring is 1. The van der Waals surface area contributed by atoms with E-state index < -0.39 is 38.4 Å². The molecule has 3 atom stereocenters. The van der Waals surface area contributed by atoms with Gasteiger partial charge in [-0.05, 0) is 18.1 Å². The zero-order valence-corrected chi connectivity index (χ0v) is 30.1. The summed E-state index contributed by atoms with van der Waals surface area (Å²) in [5.74, 6) is 0.0732. The SMILES string of the molecule is CCCCCCCCCCCCCCCCCCOCC(COP(=O)(O)CO[C@H](CO)Cn1ccc(N)nc1=O)OCc1ccccc1. The van der Waals surface area contributed by atoms with Crippen molar-refractivity contribution in [1.29, 1.82) is 0 Å². The van der Waals surface area contributed by atoms with Gasteiger partial charge in [-0.2, -0.15) is 4.98 Å². The van der Waals surface area contributed by atoms with Gasteiger partial charge < -0.3 is 34.5 Å². The molecule has 0 radical (unpaired) electrons. The molecule has 12 heteroatoms. The highest BCUT2D eigenvalue weighted by Crippen LogP contribution is 2.42. The number of hydrogen-bond acceptors (Lipinski definition) is 9. The lowest BCUT2D eigenvalue weighted by Crippen LogP contribution is -2.32. The van der Waals surface area contributed by atoms with E-state index in [1.165, 1.54) is 107 Å². The fourth-order valence-corrected chi connectivity index (χ4v) is 6.17. The van der Waals surface area contributed by atoms with Crippen LogP contribution in [0.15, 0.2) is 47.4 Å². The van der Waals surface area contributed by atoms with Crippen molar-refractivity contribution in [3.8, 4) is 0 Å². The van der Waals surface area contributed by atoms with Gasteiger partial charge in [0, 0.05) is 12.8 Å². The average Bonchev–Trinajstić information content (AvgIpc) is 3.08. The molecule has 48 heavy (non-hydrogen) atoms. The number of hydrogen-bond donors (Lipinski definition) is 3. The van der Waals surface area contributed by atoms with Crippen molar-refractivity contribution in [1.82, 2.24) is 9.55 Å². The monoisotopic (exact) mass is 695 g/mol. The molecule has 0 fully saturated rings. The highest BCUT2D eigenvalue weighted by atomic mass is 31.2. The standard InChI is InChI=1S/C36H62N3O8P/c1-2-3-4-5-6-7-8-9-10-11-12-13-14-15-16-20-25-44-29-34(45-28-32-21-18-17-19-22-32)30-47-48(42,43)31-46-33(27-40)26-39-24-23-35(37)38-36(39)41/h17-19,21-24,33-34,40H,2-16,20,25-31H2,1H3,(H,42,43)(H2,37,38,41)/t33-,34?/m0/s1. The summed E-state index contributed by atoms with van der Waals surface area (Å²) in [6, 6.07) is 11.1. The topological polar surface area (TPSA) is 155 Å². The fourth-order valence-electron chi connectivity index (χ4n) is 5.30. The molecule has 0 amide bonds. The number of nitrogens with two attached hydrogens (primary N) is 1. The molecule has 0 aliphatic rings. The van der Waals surface area contributed by atoms with E-state index in [2.05, 4.69) is 11.9 Å². The Hall–Kier alpha value is -2.11. The zero-order valence-electron chi connectivity index (χ0n) is 29.2. The first-order valence-corrected chi connectivity index (χ1v) is 19.8. The van der Waals surface area contributed by atoms with Crippen molar-refractivity contribution in [2.75, 3.05) is 38.5 Å². The molecule has 1 aromatic carbocycles. The highest BCUT2D eigenvalue weighted by Gasteiger charge is 2.25. The maximum Gasteiger partial charge on any atom is 0.353 e. The van der Waals surface area contributed by atoms with E-state index in [1.807, 2.05) is 30.3 Å². The minimum atomic E-state index is -4.20. The molecule has 2 unspecified atom stereocenters. The van der Waals surface area contributed by atoms with Crippen LogP contribution in [-0.2, 0) is 36.5 Å². The van der Waals surface area contributed by atoms with Gasteiger partial charge in [0.1, 0.15) is 18.3 Å². The smallest absolute Gasteiger partial charge is 0.353 e. The number of benzene rings is 1. The van der Waals surface area contributed by atoms with Crippen molar-refractivity contribution in [2.45, 2.75) is 135 Å². The molecule has 11 nitrogen and oxygen atoms in total. The number of aliphatic hydroxyl groups excluding tert-OH is 1. The zero-order chi connectivity index (χ0) is 34.7. The maximum absolute atomic E-state index is 12.8. The molecule has 274 valence electrons.